The minimum atomic E-state index is -1.02. The zero-order valence-electron chi connectivity index (χ0n) is 13.4. The molecule has 0 unspecified atom stereocenters. The van der Waals surface area contributed by atoms with Crippen molar-refractivity contribution in [3.05, 3.63) is 54.1 Å². The Labute approximate surface area is 150 Å². The summed E-state index contributed by atoms with van der Waals surface area (Å²) in [6.07, 6.45) is 1.58. The number of anilines is 1. The van der Waals surface area contributed by atoms with Crippen LogP contribution in [0.15, 0.2) is 53.6 Å². The molecule has 0 aliphatic carbocycles. The number of nitrogens with one attached hydrogen (secondary N) is 2. The molecule has 0 saturated heterocycles. The van der Waals surface area contributed by atoms with E-state index >= 15 is 0 Å². The first-order chi connectivity index (χ1) is 12.1. The Morgan fingerprint density at radius 3 is 2.68 bits per heavy atom. The third-order valence-corrected chi connectivity index (χ3v) is 3.14. The van der Waals surface area contributed by atoms with E-state index < -0.39 is 5.97 Å². The van der Waals surface area contributed by atoms with Crippen molar-refractivity contribution in [2.75, 3.05) is 19.0 Å². The Morgan fingerprint density at radius 2 is 2.00 bits per heavy atom. The number of carboxylic acids is 1. The Hall–Kier alpha value is -3.13. The van der Waals surface area contributed by atoms with Gasteiger partial charge in [-0.05, 0) is 54.2 Å². The normalized spacial score (nSPS) is 10.3. The molecule has 25 heavy (non-hydrogen) atoms. The third kappa shape index (κ3) is 6.48. The standard InChI is InChI=1S/C17H17N3O4S/c1-23-15-4-2-3-13(9-15)19-17(25)20-18-10-12-5-7-14(8-6-12)24-11-16(21)22/h2-10H,11H2,1H3,(H,21,22)(H2,19,20,25)/b18-10-. The molecule has 0 bridgehead atoms. The van der Waals surface area contributed by atoms with Crippen LogP contribution in [0.1, 0.15) is 5.56 Å². The summed E-state index contributed by atoms with van der Waals surface area (Å²) in [4.78, 5) is 10.4. The summed E-state index contributed by atoms with van der Waals surface area (Å²) < 4.78 is 10.2. The second-order valence-electron chi connectivity index (χ2n) is 4.81. The zero-order chi connectivity index (χ0) is 18.1. The predicted octanol–water partition coefficient (Wildman–Crippen LogP) is 2.48. The lowest BCUT2D eigenvalue weighted by atomic mass is 10.2. The zero-order valence-corrected chi connectivity index (χ0v) is 14.2. The summed E-state index contributed by atoms with van der Waals surface area (Å²) in [6, 6.07) is 14.2. The molecule has 130 valence electrons. The molecular formula is C17H17N3O4S. The van der Waals surface area contributed by atoms with Crippen LogP contribution in [0.5, 0.6) is 11.5 Å². The molecule has 2 aromatic carbocycles. The number of ether oxygens (including phenoxy) is 2. The topological polar surface area (TPSA) is 92.2 Å². The van der Waals surface area contributed by atoms with Gasteiger partial charge >= 0.3 is 5.97 Å². The summed E-state index contributed by atoms with van der Waals surface area (Å²) in [5, 5.41) is 15.9. The molecule has 3 N–H and O–H groups in total. The van der Waals surface area contributed by atoms with E-state index in [1.54, 1.807) is 37.6 Å². The first-order valence-electron chi connectivity index (χ1n) is 7.25. The van der Waals surface area contributed by atoms with Crippen molar-refractivity contribution in [2.45, 2.75) is 0 Å². The van der Waals surface area contributed by atoms with Gasteiger partial charge in [0.2, 0.25) is 0 Å². The molecule has 0 saturated carbocycles. The predicted molar refractivity (Wildman–Crippen MR) is 99.5 cm³/mol. The average Bonchev–Trinajstić information content (AvgIpc) is 2.61. The molecule has 7 nitrogen and oxygen atoms in total. The number of hydrogen-bond donors (Lipinski definition) is 3. The van der Waals surface area contributed by atoms with Crippen molar-refractivity contribution in [3.63, 3.8) is 0 Å². The van der Waals surface area contributed by atoms with Gasteiger partial charge in [-0.1, -0.05) is 6.07 Å². The monoisotopic (exact) mass is 359 g/mol. The molecule has 2 rings (SSSR count). The molecule has 0 amide bonds. The molecule has 0 heterocycles. The van der Waals surface area contributed by atoms with Gasteiger partial charge in [0.25, 0.3) is 0 Å². The Kier molecular flexibility index (Phi) is 6.73. The van der Waals surface area contributed by atoms with Gasteiger partial charge in [-0.2, -0.15) is 5.10 Å². The van der Waals surface area contributed by atoms with Gasteiger partial charge in [0.15, 0.2) is 11.7 Å². The minimum absolute atomic E-state index is 0.339. The van der Waals surface area contributed by atoms with Crippen molar-refractivity contribution in [2.24, 2.45) is 5.10 Å². The summed E-state index contributed by atoms with van der Waals surface area (Å²) in [5.41, 5.74) is 4.30. The average molecular weight is 359 g/mol. The van der Waals surface area contributed by atoms with Crippen LogP contribution in [0.25, 0.3) is 0 Å². The van der Waals surface area contributed by atoms with Crippen LogP contribution in [-0.2, 0) is 4.79 Å². The van der Waals surface area contributed by atoms with Crippen LogP contribution in [0.3, 0.4) is 0 Å². The summed E-state index contributed by atoms with van der Waals surface area (Å²) >= 11 is 5.16. The highest BCUT2D eigenvalue weighted by molar-refractivity contribution is 7.80. The maximum Gasteiger partial charge on any atom is 0.341 e. The van der Waals surface area contributed by atoms with Crippen LogP contribution >= 0.6 is 12.2 Å². The summed E-state index contributed by atoms with van der Waals surface area (Å²) in [6.45, 7) is -0.376. The summed E-state index contributed by atoms with van der Waals surface area (Å²) in [5.74, 6) is 0.177. The van der Waals surface area contributed by atoms with Gasteiger partial charge in [0.05, 0.1) is 13.3 Å². The largest absolute Gasteiger partial charge is 0.497 e. The second kappa shape index (κ2) is 9.24. The first-order valence-corrected chi connectivity index (χ1v) is 7.66. The van der Waals surface area contributed by atoms with E-state index in [0.29, 0.717) is 10.9 Å². The van der Waals surface area contributed by atoms with Gasteiger partial charge in [-0.25, -0.2) is 4.79 Å². The fraction of sp³-hybridized carbons (Fsp3) is 0.118. The number of carboxylic acid groups (broad SMARTS) is 1. The van der Waals surface area contributed by atoms with Gasteiger partial charge in [0, 0.05) is 11.8 Å². The quantitative estimate of drug-likeness (QED) is 0.397. The van der Waals surface area contributed by atoms with E-state index in [1.807, 2.05) is 24.3 Å². The molecule has 0 aliphatic rings. The fourth-order valence-corrected chi connectivity index (χ4v) is 1.99. The van der Waals surface area contributed by atoms with Gasteiger partial charge in [0.1, 0.15) is 11.5 Å². The highest BCUT2D eigenvalue weighted by atomic mass is 32.1. The maximum absolute atomic E-state index is 10.4. The van der Waals surface area contributed by atoms with E-state index in [-0.39, 0.29) is 6.61 Å². The van der Waals surface area contributed by atoms with E-state index in [1.165, 1.54) is 0 Å². The molecule has 8 heteroatoms. The number of hydrazone groups is 1. The number of methoxy groups -OCH3 is 1. The Morgan fingerprint density at radius 1 is 1.24 bits per heavy atom. The molecule has 0 aliphatic heterocycles. The molecule has 2 aromatic rings. The lowest BCUT2D eigenvalue weighted by molar-refractivity contribution is -0.139. The highest BCUT2D eigenvalue weighted by Crippen LogP contribution is 2.16. The molecule has 0 aromatic heterocycles. The lowest BCUT2D eigenvalue weighted by Crippen LogP contribution is -2.23. The van der Waals surface area contributed by atoms with Gasteiger partial charge < -0.3 is 19.9 Å². The van der Waals surface area contributed by atoms with Crippen molar-refractivity contribution in [1.82, 2.24) is 5.43 Å². The number of benzene rings is 2. The molecule has 0 spiro atoms. The van der Waals surface area contributed by atoms with Crippen molar-refractivity contribution < 1.29 is 19.4 Å². The molecule has 0 radical (unpaired) electrons. The van der Waals surface area contributed by atoms with Crippen LogP contribution in [-0.4, -0.2) is 36.1 Å². The van der Waals surface area contributed by atoms with Crippen LogP contribution < -0.4 is 20.2 Å². The number of hydrogen-bond acceptors (Lipinski definition) is 5. The first kappa shape index (κ1) is 18.2. The van der Waals surface area contributed by atoms with Gasteiger partial charge in [-0.3, -0.25) is 5.43 Å². The second-order valence-corrected chi connectivity index (χ2v) is 5.22. The van der Waals surface area contributed by atoms with E-state index in [2.05, 4.69) is 15.8 Å². The van der Waals surface area contributed by atoms with Crippen LogP contribution in [0, 0.1) is 0 Å². The highest BCUT2D eigenvalue weighted by Gasteiger charge is 2.00. The van der Waals surface area contributed by atoms with E-state index in [0.717, 1.165) is 17.0 Å². The number of rotatable bonds is 7. The Bertz CT molecular complexity index is 763. The maximum atomic E-state index is 10.4. The number of nitrogens with zero attached hydrogens (tertiary/aromatic N) is 1. The number of carbonyl (C=O) groups is 1. The smallest absolute Gasteiger partial charge is 0.341 e. The number of aliphatic carboxylic acids is 1. The van der Waals surface area contributed by atoms with Crippen LogP contribution in [0.4, 0.5) is 5.69 Å². The van der Waals surface area contributed by atoms with E-state index in [9.17, 15) is 4.79 Å². The number of thiocarbonyl (C=S) groups is 1. The van der Waals surface area contributed by atoms with E-state index in [4.69, 9.17) is 26.8 Å². The third-order valence-electron chi connectivity index (χ3n) is 2.95. The lowest BCUT2D eigenvalue weighted by Gasteiger charge is -2.08. The van der Waals surface area contributed by atoms with Gasteiger partial charge in [-0.15, -0.1) is 0 Å². The minimum Gasteiger partial charge on any atom is -0.497 e. The SMILES string of the molecule is COc1cccc(NC(=S)N/N=C\c2ccc(OCC(=O)O)cc2)c1. The molecule has 0 fully saturated rings. The van der Waals surface area contributed by atoms with Crippen molar-refractivity contribution >= 4 is 35.2 Å². The fourth-order valence-electron chi connectivity index (χ4n) is 1.82. The van der Waals surface area contributed by atoms with Crippen molar-refractivity contribution in [1.29, 1.82) is 0 Å². The van der Waals surface area contributed by atoms with Crippen molar-refractivity contribution in [3.8, 4) is 11.5 Å². The summed E-state index contributed by atoms with van der Waals surface area (Å²) in [7, 11) is 1.60. The molecule has 0 atom stereocenters. The molecular weight excluding hydrogens is 342 g/mol. The Balaban J connectivity index is 1.83. The van der Waals surface area contributed by atoms with Crippen LogP contribution in [0.2, 0.25) is 0 Å².